The zero-order valence-corrected chi connectivity index (χ0v) is 7.34. The van der Waals surface area contributed by atoms with Crippen molar-refractivity contribution in [2.24, 2.45) is 0 Å². The molecule has 0 aliphatic carbocycles. The number of hydrogen-bond donors (Lipinski definition) is 0. The quantitative estimate of drug-likeness (QED) is 0.461. The predicted octanol–water partition coefficient (Wildman–Crippen LogP) is 0.219. The van der Waals surface area contributed by atoms with Crippen LogP contribution in [0.5, 0.6) is 0 Å². The Balaban J connectivity index is 4.05. The molecule has 0 rings (SSSR count). The Hall–Kier alpha value is -0.620. The van der Waals surface area contributed by atoms with E-state index < -0.39 is 21.3 Å². The van der Waals surface area contributed by atoms with Crippen LogP contribution in [0.25, 0.3) is 0 Å². The van der Waals surface area contributed by atoms with E-state index in [1.807, 2.05) is 0 Å². The summed E-state index contributed by atoms with van der Waals surface area (Å²) in [5, 5.41) is -0.721. The highest BCUT2D eigenvalue weighted by atomic mass is 32.2. The van der Waals surface area contributed by atoms with Crippen LogP contribution in [0.2, 0.25) is 0 Å². The Bertz CT molecular complexity index is 227. The van der Waals surface area contributed by atoms with Crippen LogP contribution in [0, 0.1) is 0 Å². The minimum atomic E-state index is -3.74. The minimum Gasteiger partial charge on any atom is -0.282 e. The Labute approximate surface area is 65.4 Å². The zero-order valence-electron chi connectivity index (χ0n) is 6.53. The summed E-state index contributed by atoms with van der Waals surface area (Å²) in [7, 11) is -3.74. The molecule has 0 saturated heterocycles. The molecule has 0 amide bonds. The van der Waals surface area contributed by atoms with Crippen molar-refractivity contribution in [3.05, 3.63) is 0 Å². The summed E-state index contributed by atoms with van der Waals surface area (Å²) in [4.78, 5) is 13.9. The van der Waals surface area contributed by atoms with Gasteiger partial charge in [-0.1, -0.05) is 4.33 Å². The fourth-order valence-corrected chi connectivity index (χ4v) is 0.522. The van der Waals surface area contributed by atoms with Crippen LogP contribution in [-0.4, -0.2) is 19.6 Å². The Kier molecular flexibility index (Phi) is 3.47. The van der Waals surface area contributed by atoms with E-state index in [0.717, 1.165) is 6.92 Å². The Morgan fingerprint density at radius 1 is 1.36 bits per heavy atom. The van der Waals surface area contributed by atoms with Gasteiger partial charge in [-0.25, -0.2) is 4.79 Å². The molecule has 0 aromatic heterocycles. The van der Waals surface area contributed by atoms with Crippen LogP contribution in [0.3, 0.4) is 0 Å². The molecule has 0 bridgehead atoms. The summed E-state index contributed by atoms with van der Waals surface area (Å²) < 4.78 is 25.3. The second-order valence-corrected chi connectivity index (χ2v) is 4.25. The molecule has 0 spiro atoms. The van der Waals surface area contributed by atoms with E-state index in [4.69, 9.17) is 0 Å². The van der Waals surface area contributed by atoms with Gasteiger partial charge in [-0.15, -0.1) is 0 Å². The first kappa shape index (κ1) is 10.4. The molecule has 0 aliphatic heterocycles. The molecule has 0 aliphatic rings. The lowest BCUT2D eigenvalue weighted by molar-refractivity contribution is -0.208. The second kappa shape index (κ2) is 3.68. The number of carbonyl (C=O) groups is 1. The lowest BCUT2D eigenvalue weighted by atomic mass is 10.6. The van der Waals surface area contributed by atoms with Gasteiger partial charge in [0, 0.05) is 6.92 Å². The molecule has 66 valence electrons. The largest absolute Gasteiger partial charge is 0.340 e. The fraction of sp³-hybridized carbons (Fsp3) is 0.800. The van der Waals surface area contributed by atoms with E-state index in [1.54, 1.807) is 0 Å². The summed E-state index contributed by atoms with van der Waals surface area (Å²) in [6, 6.07) is 0. The molecule has 0 aromatic carbocycles. The van der Waals surface area contributed by atoms with Crippen LogP contribution >= 0.6 is 0 Å². The monoisotopic (exact) mass is 182 g/mol. The van der Waals surface area contributed by atoms with Crippen molar-refractivity contribution in [1.82, 2.24) is 0 Å². The molecule has 0 aromatic rings. The van der Waals surface area contributed by atoms with Crippen molar-refractivity contribution < 1.29 is 22.4 Å². The zero-order chi connectivity index (χ0) is 9.07. The van der Waals surface area contributed by atoms with Crippen molar-refractivity contribution in [1.29, 1.82) is 0 Å². The molecule has 11 heavy (non-hydrogen) atoms. The SMILES string of the molecule is CC(=O)OOS(=O)(=O)C(C)C. The summed E-state index contributed by atoms with van der Waals surface area (Å²) >= 11 is 0. The predicted molar refractivity (Wildman–Crippen MR) is 36.9 cm³/mol. The van der Waals surface area contributed by atoms with E-state index in [9.17, 15) is 13.2 Å². The Morgan fingerprint density at radius 3 is 2.09 bits per heavy atom. The summed E-state index contributed by atoms with van der Waals surface area (Å²) in [6.45, 7) is 3.88. The average molecular weight is 182 g/mol. The summed E-state index contributed by atoms with van der Waals surface area (Å²) in [5.74, 6) is -0.797. The Morgan fingerprint density at radius 2 is 1.82 bits per heavy atom. The van der Waals surface area contributed by atoms with Crippen molar-refractivity contribution in [2.75, 3.05) is 0 Å². The van der Waals surface area contributed by atoms with E-state index in [-0.39, 0.29) is 0 Å². The molecular weight excluding hydrogens is 172 g/mol. The molecule has 6 heteroatoms. The van der Waals surface area contributed by atoms with Crippen molar-refractivity contribution in [3.8, 4) is 0 Å². The number of carbonyl (C=O) groups excluding carboxylic acids is 1. The molecule has 0 N–H and O–H groups in total. The maximum absolute atomic E-state index is 10.7. The summed E-state index contributed by atoms with van der Waals surface area (Å²) in [6.07, 6.45) is 0. The highest BCUT2D eigenvalue weighted by Crippen LogP contribution is 2.02. The topological polar surface area (TPSA) is 69.7 Å². The molecule has 0 heterocycles. The van der Waals surface area contributed by atoms with Crippen molar-refractivity contribution >= 4 is 16.1 Å². The molecule has 0 saturated carbocycles. The van der Waals surface area contributed by atoms with Gasteiger partial charge in [0.25, 0.3) is 0 Å². The molecular formula is C5H10O5S. The minimum absolute atomic E-state index is 0.721. The van der Waals surface area contributed by atoms with Gasteiger partial charge >= 0.3 is 16.1 Å². The van der Waals surface area contributed by atoms with Gasteiger partial charge in [0.1, 0.15) is 0 Å². The van der Waals surface area contributed by atoms with Crippen LogP contribution < -0.4 is 0 Å². The molecule has 0 atom stereocenters. The average Bonchev–Trinajstić information content (AvgIpc) is 1.84. The first-order chi connectivity index (χ1) is 4.86. The van der Waals surface area contributed by atoms with Crippen LogP contribution in [0.1, 0.15) is 20.8 Å². The normalized spacial score (nSPS) is 11.6. The van der Waals surface area contributed by atoms with Gasteiger partial charge in [0.05, 0.1) is 5.25 Å². The van der Waals surface area contributed by atoms with E-state index >= 15 is 0 Å². The molecule has 0 fully saturated rings. The first-order valence-corrected chi connectivity index (χ1v) is 4.44. The highest BCUT2D eigenvalue weighted by molar-refractivity contribution is 7.87. The van der Waals surface area contributed by atoms with Gasteiger partial charge in [0.2, 0.25) is 0 Å². The van der Waals surface area contributed by atoms with E-state index in [2.05, 4.69) is 9.22 Å². The van der Waals surface area contributed by atoms with E-state index in [1.165, 1.54) is 13.8 Å². The lowest BCUT2D eigenvalue weighted by Crippen LogP contribution is -2.18. The smallest absolute Gasteiger partial charge is 0.282 e. The summed E-state index contributed by atoms with van der Waals surface area (Å²) in [5.41, 5.74) is 0. The second-order valence-electron chi connectivity index (χ2n) is 2.18. The van der Waals surface area contributed by atoms with Gasteiger partial charge in [-0.2, -0.15) is 8.42 Å². The fourth-order valence-electron chi connectivity index (χ4n) is 0.174. The van der Waals surface area contributed by atoms with Gasteiger partial charge < -0.3 is 0 Å². The first-order valence-electron chi connectivity index (χ1n) is 2.97. The third-order valence-electron chi connectivity index (χ3n) is 0.824. The highest BCUT2D eigenvalue weighted by Gasteiger charge is 2.19. The third-order valence-corrected chi connectivity index (χ3v) is 2.24. The van der Waals surface area contributed by atoms with Gasteiger partial charge in [0.15, 0.2) is 0 Å². The standard InChI is InChI=1S/C5H10O5S/c1-4(2)11(7,8)10-9-5(3)6/h4H,1-3H3. The van der Waals surface area contributed by atoms with Crippen LogP contribution in [-0.2, 0) is 24.1 Å². The van der Waals surface area contributed by atoms with E-state index in [0.29, 0.717) is 0 Å². The van der Waals surface area contributed by atoms with Crippen molar-refractivity contribution in [2.45, 2.75) is 26.0 Å². The third kappa shape index (κ3) is 3.94. The number of rotatable bonds is 3. The molecule has 5 nitrogen and oxygen atoms in total. The number of hydrogen-bond acceptors (Lipinski definition) is 5. The van der Waals surface area contributed by atoms with Crippen LogP contribution in [0.15, 0.2) is 0 Å². The lowest BCUT2D eigenvalue weighted by Gasteiger charge is -2.04. The molecule has 0 unspecified atom stereocenters. The maximum Gasteiger partial charge on any atom is 0.340 e. The van der Waals surface area contributed by atoms with Gasteiger partial charge in [-0.05, 0) is 13.8 Å². The van der Waals surface area contributed by atoms with Gasteiger partial charge in [-0.3, -0.25) is 4.89 Å². The van der Waals surface area contributed by atoms with Crippen LogP contribution in [0.4, 0.5) is 0 Å². The van der Waals surface area contributed by atoms with Crippen molar-refractivity contribution in [3.63, 3.8) is 0 Å². The molecule has 0 radical (unpaired) electrons. The maximum atomic E-state index is 10.7.